The molecule has 3 amide bonds. The van der Waals surface area contributed by atoms with Gasteiger partial charge in [-0.05, 0) is 17.3 Å². The first-order valence-electron chi connectivity index (χ1n) is 8.22. The zero-order chi connectivity index (χ0) is 23.9. The number of hydrogen-bond donors (Lipinski definition) is 6. The van der Waals surface area contributed by atoms with Crippen molar-refractivity contribution in [3.8, 4) is 0 Å². The first-order valence-corrected chi connectivity index (χ1v) is 10.1. The average Bonchev–Trinajstić information content (AvgIpc) is 2.65. The number of aliphatic carboxylic acids is 3. The Hall–Kier alpha value is -1.39. The summed E-state index contributed by atoms with van der Waals surface area (Å²) in [5.41, 5.74) is 0. The molecule has 0 aromatic carbocycles. The number of thiol groups is 3. The molecule has 182 valence electrons. The van der Waals surface area contributed by atoms with Gasteiger partial charge in [-0.2, -0.15) is 37.9 Å². The maximum atomic E-state index is 10.5. The van der Waals surface area contributed by atoms with E-state index in [4.69, 9.17) is 0 Å². The molecule has 0 bridgehead atoms. The quantitative estimate of drug-likeness (QED) is 0.0856. The van der Waals surface area contributed by atoms with E-state index in [9.17, 15) is 44.1 Å². The van der Waals surface area contributed by atoms with E-state index in [-0.39, 0.29) is 59.4 Å². The molecular weight excluding hydrogens is 659 g/mol. The van der Waals surface area contributed by atoms with E-state index < -0.39 is 37.5 Å². The zero-order valence-corrected chi connectivity index (χ0v) is 21.0. The predicted octanol–water partition coefficient (Wildman–Crippen LogP) is -5.49. The monoisotopic (exact) mass is 683 g/mol. The van der Waals surface area contributed by atoms with Gasteiger partial charge in [0.05, 0.1) is 37.5 Å². The number of amides is 3. The van der Waals surface area contributed by atoms with E-state index in [0.29, 0.717) is 17.3 Å². The Morgan fingerprint density at radius 3 is 0.839 bits per heavy atom. The van der Waals surface area contributed by atoms with Gasteiger partial charge in [0.15, 0.2) is 0 Å². The Balaban J connectivity index is -0.000000174. The van der Waals surface area contributed by atoms with Crippen LogP contribution in [0.15, 0.2) is 0 Å². The van der Waals surface area contributed by atoms with Gasteiger partial charge >= 0.3 is 22.4 Å². The summed E-state index contributed by atoms with van der Waals surface area (Å²) in [5.74, 6) is -3.57. The maximum Gasteiger partial charge on any atom is 3.00 e. The van der Waals surface area contributed by atoms with Crippen LogP contribution in [0.5, 0.6) is 0 Å². The minimum Gasteiger partial charge on any atom is -0.548 e. The fraction of sp³-hybridized carbons (Fsp3) is 0.600. The minimum atomic E-state index is -1.28. The molecule has 0 fully saturated rings. The number of carboxylic acid groups (broad SMARTS) is 3. The van der Waals surface area contributed by atoms with Crippen molar-refractivity contribution in [3.63, 3.8) is 0 Å². The summed E-state index contributed by atoms with van der Waals surface area (Å²) in [4.78, 5) is 60.8. The van der Waals surface area contributed by atoms with Crippen LogP contribution in [0.4, 0.5) is 0 Å². The van der Waals surface area contributed by atoms with Gasteiger partial charge in [0.1, 0.15) is 0 Å². The van der Waals surface area contributed by atoms with Gasteiger partial charge in [-0.1, -0.05) is 0 Å². The summed E-state index contributed by atoms with van der Waals surface area (Å²) in [6.45, 7) is -1.27. The Bertz CT molecular complexity index is 493. The molecule has 0 aliphatic heterocycles. The number of carboxylic acids is 3. The van der Waals surface area contributed by atoms with E-state index in [1.165, 1.54) is 0 Å². The van der Waals surface area contributed by atoms with E-state index in [1.807, 2.05) is 0 Å². The van der Waals surface area contributed by atoms with Crippen molar-refractivity contribution < 1.29 is 66.5 Å². The molecule has 0 atom stereocenters. The standard InChI is InChI=1S/3C5H9NO3S.Au/c3*7-4(1-2-10)6-3-5(8)9;/h3*10H,1-3H2,(H,6,7)(H,8,9);/q;;;+3/p-3. The van der Waals surface area contributed by atoms with Crippen LogP contribution >= 0.6 is 37.9 Å². The summed E-state index contributed by atoms with van der Waals surface area (Å²) in [7, 11) is 0. The van der Waals surface area contributed by atoms with E-state index >= 15 is 0 Å². The zero-order valence-electron chi connectivity index (χ0n) is 16.2. The predicted molar refractivity (Wildman–Crippen MR) is 109 cm³/mol. The number of rotatable bonds is 12. The van der Waals surface area contributed by atoms with Crippen LogP contribution in [0.2, 0.25) is 0 Å². The number of carbonyl (C=O) groups is 6. The topological polar surface area (TPSA) is 208 Å². The van der Waals surface area contributed by atoms with Gasteiger partial charge in [-0.25, -0.2) is 0 Å². The summed E-state index contributed by atoms with van der Waals surface area (Å²) in [6.07, 6.45) is 0.698. The minimum absolute atomic E-state index is 0. The molecule has 0 saturated heterocycles. The Morgan fingerprint density at radius 1 is 0.516 bits per heavy atom. The van der Waals surface area contributed by atoms with Crippen LogP contribution in [-0.4, -0.2) is 72.5 Å². The van der Waals surface area contributed by atoms with Gasteiger partial charge in [0.25, 0.3) is 0 Å². The Kier molecular flexibility index (Phi) is 31.8. The number of nitrogens with one attached hydrogen (secondary N) is 3. The van der Waals surface area contributed by atoms with Crippen LogP contribution in [0, 0.1) is 0 Å². The van der Waals surface area contributed by atoms with Crippen LogP contribution in [0.1, 0.15) is 19.3 Å². The van der Waals surface area contributed by atoms with Crippen molar-refractivity contribution in [1.82, 2.24) is 16.0 Å². The molecule has 0 aromatic heterocycles. The molecule has 3 N–H and O–H groups in total. The smallest absolute Gasteiger partial charge is 0.548 e. The molecule has 31 heavy (non-hydrogen) atoms. The van der Waals surface area contributed by atoms with Crippen LogP contribution in [-0.2, 0) is 51.1 Å². The molecule has 16 heteroatoms. The molecule has 0 aliphatic rings. The third-order valence-corrected chi connectivity index (χ3v) is 2.98. The van der Waals surface area contributed by atoms with Gasteiger partial charge in [-0.15, -0.1) is 0 Å². The first kappa shape index (κ1) is 37.0. The maximum absolute atomic E-state index is 10.5. The molecular formula is C15H24AuN3O9S3. The number of hydrogen-bond acceptors (Lipinski definition) is 12. The largest absolute Gasteiger partial charge is 3.00 e. The normalized spacial score (nSPS) is 8.61. The third kappa shape index (κ3) is 39.6. The van der Waals surface area contributed by atoms with Crippen molar-refractivity contribution in [2.45, 2.75) is 19.3 Å². The average molecular weight is 684 g/mol. The first-order chi connectivity index (χ1) is 14.0. The van der Waals surface area contributed by atoms with E-state index in [2.05, 4.69) is 53.8 Å². The van der Waals surface area contributed by atoms with Crippen LogP contribution in [0.3, 0.4) is 0 Å². The van der Waals surface area contributed by atoms with Crippen molar-refractivity contribution in [2.24, 2.45) is 0 Å². The van der Waals surface area contributed by atoms with Gasteiger partial charge < -0.3 is 45.7 Å². The second kappa shape index (κ2) is 26.6. The second-order valence-electron chi connectivity index (χ2n) is 4.87. The number of carbonyl (C=O) groups excluding carboxylic acids is 6. The Labute approximate surface area is 211 Å². The summed E-state index contributed by atoms with van der Waals surface area (Å²) < 4.78 is 0. The molecule has 0 radical (unpaired) electrons. The Morgan fingerprint density at radius 2 is 0.710 bits per heavy atom. The van der Waals surface area contributed by atoms with Gasteiger partial charge in [0, 0.05) is 19.3 Å². The van der Waals surface area contributed by atoms with Crippen LogP contribution in [0.25, 0.3) is 0 Å². The van der Waals surface area contributed by atoms with Crippen LogP contribution < -0.4 is 31.3 Å². The molecule has 0 rings (SSSR count). The van der Waals surface area contributed by atoms with Gasteiger partial charge in [-0.3, -0.25) is 14.4 Å². The molecule has 0 unspecified atom stereocenters. The fourth-order valence-corrected chi connectivity index (χ4v) is 1.69. The molecule has 0 spiro atoms. The summed E-state index contributed by atoms with van der Waals surface area (Å²) in [6, 6.07) is 0. The SMILES string of the molecule is O=C([O-])CNC(=O)CCS.O=C([O-])CNC(=O)CCS.O=C([O-])CNC(=O)CCS.[Au+3]. The fourth-order valence-electron chi connectivity index (χ4n) is 1.08. The van der Waals surface area contributed by atoms with Crippen molar-refractivity contribution in [3.05, 3.63) is 0 Å². The molecule has 0 saturated carbocycles. The van der Waals surface area contributed by atoms with Gasteiger partial charge in [0.2, 0.25) is 17.7 Å². The third-order valence-electron chi connectivity index (χ3n) is 2.31. The summed E-state index contributed by atoms with van der Waals surface area (Å²) in [5, 5.41) is 35.7. The molecule has 0 aliphatic carbocycles. The summed E-state index contributed by atoms with van der Waals surface area (Å²) >= 11 is 11.3. The van der Waals surface area contributed by atoms with E-state index in [1.54, 1.807) is 0 Å². The van der Waals surface area contributed by atoms with Crippen molar-refractivity contribution >= 4 is 73.5 Å². The van der Waals surface area contributed by atoms with E-state index in [0.717, 1.165) is 0 Å². The molecule has 0 aromatic rings. The molecule has 0 heterocycles. The molecule has 12 nitrogen and oxygen atoms in total. The van der Waals surface area contributed by atoms with Crippen molar-refractivity contribution in [1.29, 1.82) is 0 Å². The van der Waals surface area contributed by atoms with Crippen molar-refractivity contribution in [2.75, 3.05) is 36.9 Å². The second-order valence-corrected chi connectivity index (χ2v) is 6.21.